The summed E-state index contributed by atoms with van der Waals surface area (Å²) in [5.41, 5.74) is 0. The minimum Gasteiger partial charge on any atom is -0.313 e. The van der Waals surface area contributed by atoms with Crippen LogP contribution in [0.25, 0.3) is 0 Å². The fraction of sp³-hybridized carbons (Fsp3) is 0.727. The second-order valence-corrected chi connectivity index (χ2v) is 4.25. The Morgan fingerprint density at radius 3 is 3.19 bits per heavy atom. The van der Waals surface area contributed by atoms with Crippen LogP contribution in [0.15, 0.2) is 12.4 Å². The highest BCUT2D eigenvalue weighted by Gasteiger charge is 2.25. The van der Waals surface area contributed by atoms with Gasteiger partial charge in [-0.1, -0.05) is 11.6 Å². The third kappa shape index (κ3) is 2.80. The number of nitriles is 1. The minimum atomic E-state index is 0.214. The Hall–Kier alpha value is -1.41. The fourth-order valence-electron chi connectivity index (χ4n) is 2.24. The van der Waals surface area contributed by atoms with Crippen molar-refractivity contribution < 1.29 is 0 Å². The lowest BCUT2D eigenvalue weighted by Crippen LogP contribution is -2.32. The van der Waals surface area contributed by atoms with E-state index < -0.39 is 0 Å². The average Bonchev–Trinajstić information content (AvgIpc) is 2.95. The lowest BCUT2D eigenvalue weighted by molar-refractivity contribution is 0.441. The molecule has 16 heavy (non-hydrogen) atoms. The van der Waals surface area contributed by atoms with Gasteiger partial charge in [-0.25, -0.2) is 0 Å². The molecule has 0 amide bonds. The lowest BCUT2D eigenvalue weighted by atomic mass is 10.1. The molecular formula is C11H17N5. The highest BCUT2D eigenvalue weighted by atomic mass is 15.4. The number of nitrogens with zero attached hydrogens (tertiary/aromatic N) is 4. The van der Waals surface area contributed by atoms with Crippen molar-refractivity contribution in [3.8, 4) is 6.07 Å². The zero-order valence-corrected chi connectivity index (χ0v) is 9.34. The van der Waals surface area contributed by atoms with Crippen molar-refractivity contribution in [2.24, 2.45) is 5.92 Å². The third-order valence-electron chi connectivity index (χ3n) is 3.12. The third-order valence-corrected chi connectivity index (χ3v) is 3.12. The Kier molecular flexibility index (Phi) is 3.89. The Labute approximate surface area is 95.4 Å². The summed E-state index contributed by atoms with van der Waals surface area (Å²) in [4.78, 5) is 0. The molecule has 1 aliphatic rings. The number of aromatic nitrogens is 3. The Bertz CT molecular complexity index is 340. The van der Waals surface area contributed by atoms with Crippen LogP contribution in [0.2, 0.25) is 0 Å². The molecular weight excluding hydrogens is 202 g/mol. The van der Waals surface area contributed by atoms with Gasteiger partial charge in [-0.05, 0) is 25.8 Å². The molecule has 0 bridgehead atoms. The van der Waals surface area contributed by atoms with Crippen molar-refractivity contribution in [2.75, 3.05) is 6.54 Å². The molecule has 0 aromatic carbocycles. The van der Waals surface area contributed by atoms with Crippen molar-refractivity contribution in [1.82, 2.24) is 20.3 Å². The number of aryl methyl sites for hydroxylation is 1. The predicted octanol–water partition coefficient (Wildman–Crippen LogP) is 0.950. The molecule has 5 heteroatoms. The number of hydrogen-bond donors (Lipinski definition) is 1. The van der Waals surface area contributed by atoms with Crippen molar-refractivity contribution in [2.45, 2.75) is 38.3 Å². The molecule has 2 rings (SSSR count). The van der Waals surface area contributed by atoms with E-state index in [0.717, 1.165) is 32.4 Å². The van der Waals surface area contributed by atoms with Gasteiger partial charge in [0.15, 0.2) is 0 Å². The van der Waals surface area contributed by atoms with E-state index in [0.29, 0.717) is 6.04 Å². The molecule has 0 saturated heterocycles. The van der Waals surface area contributed by atoms with E-state index in [1.165, 1.54) is 6.42 Å². The van der Waals surface area contributed by atoms with Crippen LogP contribution >= 0.6 is 0 Å². The Balaban J connectivity index is 1.63. The van der Waals surface area contributed by atoms with Gasteiger partial charge in [0.2, 0.25) is 0 Å². The number of rotatable bonds is 5. The summed E-state index contributed by atoms with van der Waals surface area (Å²) >= 11 is 0. The van der Waals surface area contributed by atoms with Crippen molar-refractivity contribution in [3.63, 3.8) is 0 Å². The quantitative estimate of drug-likeness (QED) is 0.749. The highest BCUT2D eigenvalue weighted by Crippen LogP contribution is 2.24. The first kappa shape index (κ1) is 11.1. The minimum absolute atomic E-state index is 0.214. The lowest BCUT2D eigenvalue weighted by Gasteiger charge is -2.15. The molecule has 2 unspecified atom stereocenters. The molecule has 1 heterocycles. The van der Waals surface area contributed by atoms with E-state index in [1.54, 1.807) is 6.20 Å². The zero-order valence-electron chi connectivity index (χ0n) is 9.34. The summed E-state index contributed by atoms with van der Waals surface area (Å²) in [5, 5.41) is 20.0. The summed E-state index contributed by atoms with van der Waals surface area (Å²) < 4.78 is 1.83. The molecule has 1 saturated carbocycles. The predicted molar refractivity (Wildman–Crippen MR) is 59.4 cm³/mol. The summed E-state index contributed by atoms with van der Waals surface area (Å²) in [5.74, 6) is 0.214. The van der Waals surface area contributed by atoms with E-state index in [9.17, 15) is 0 Å². The van der Waals surface area contributed by atoms with Crippen LogP contribution in [-0.2, 0) is 6.54 Å². The Morgan fingerprint density at radius 2 is 2.44 bits per heavy atom. The summed E-state index contributed by atoms with van der Waals surface area (Å²) in [6.07, 6.45) is 7.96. The molecule has 1 N–H and O–H groups in total. The van der Waals surface area contributed by atoms with Gasteiger partial charge < -0.3 is 5.32 Å². The largest absolute Gasteiger partial charge is 0.313 e. The molecule has 1 aromatic heterocycles. The van der Waals surface area contributed by atoms with E-state index in [1.807, 2.05) is 10.9 Å². The van der Waals surface area contributed by atoms with Crippen molar-refractivity contribution in [3.05, 3.63) is 12.4 Å². The maximum atomic E-state index is 8.93. The topological polar surface area (TPSA) is 66.5 Å². The second kappa shape index (κ2) is 5.61. The summed E-state index contributed by atoms with van der Waals surface area (Å²) in [6.45, 7) is 1.83. The standard InChI is InChI=1S/C11H17N5/c12-9-10-3-1-4-11(10)13-5-2-7-16-8-6-14-15-16/h6,8,10-11,13H,1-5,7H2. The molecule has 0 radical (unpaired) electrons. The van der Waals surface area contributed by atoms with E-state index in [2.05, 4.69) is 21.7 Å². The first-order valence-corrected chi connectivity index (χ1v) is 5.87. The van der Waals surface area contributed by atoms with Crippen LogP contribution in [0.1, 0.15) is 25.7 Å². The highest BCUT2D eigenvalue weighted by molar-refractivity contribution is 4.96. The van der Waals surface area contributed by atoms with Crippen LogP contribution in [-0.4, -0.2) is 27.6 Å². The molecule has 1 aromatic rings. The first-order valence-electron chi connectivity index (χ1n) is 5.87. The summed E-state index contributed by atoms with van der Waals surface area (Å²) in [6, 6.07) is 2.78. The van der Waals surface area contributed by atoms with Gasteiger partial charge in [0.25, 0.3) is 0 Å². The van der Waals surface area contributed by atoms with E-state index >= 15 is 0 Å². The van der Waals surface area contributed by atoms with Gasteiger partial charge in [0.05, 0.1) is 18.2 Å². The van der Waals surface area contributed by atoms with Gasteiger partial charge in [-0.2, -0.15) is 5.26 Å². The summed E-state index contributed by atoms with van der Waals surface area (Å²) in [7, 11) is 0. The van der Waals surface area contributed by atoms with Gasteiger partial charge in [0.1, 0.15) is 0 Å². The average molecular weight is 219 g/mol. The molecule has 1 aliphatic carbocycles. The van der Waals surface area contributed by atoms with Crippen molar-refractivity contribution >= 4 is 0 Å². The second-order valence-electron chi connectivity index (χ2n) is 4.25. The van der Waals surface area contributed by atoms with Gasteiger partial charge >= 0.3 is 0 Å². The molecule has 1 fully saturated rings. The van der Waals surface area contributed by atoms with Crippen LogP contribution < -0.4 is 5.32 Å². The number of hydrogen-bond acceptors (Lipinski definition) is 4. The zero-order chi connectivity index (χ0) is 11.2. The SMILES string of the molecule is N#CC1CCCC1NCCCn1ccnn1. The van der Waals surface area contributed by atoms with Crippen molar-refractivity contribution in [1.29, 1.82) is 5.26 Å². The van der Waals surface area contributed by atoms with E-state index in [-0.39, 0.29) is 5.92 Å². The maximum Gasteiger partial charge on any atom is 0.0692 e. The van der Waals surface area contributed by atoms with Gasteiger partial charge in [-0.3, -0.25) is 4.68 Å². The number of nitrogens with one attached hydrogen (secondary N) is 1. The Morgan fingerprint density at radius 1 is 1.50 bits per heavy atom. The first-order chi connectivity index (χ1) is 7.90. The van der Waals surface area contributed by atoms with Crippen LogP contribution in [0.5, 0.6) is 0 Å². The maximum absolute atomic E-state index is 8.93. The van der Waals surface area contributed by atoms with Gasteiger partial charge in [-0.15, -0.1) is 5.10 Å². The van der Waals surface area contributed by atoms with E-state index in [4.69, 9.17) is 5.26 Å². The molecule has 5 nitrogen and oxygen atoms in total. The molecule has 86 valence electrons. The van der Waals surface area contributed by atoms with Gasteiger partial charge in [0, 0.05) is 18.8 Å². The smallest absolute Gasteiger partial charge is 0.0692 e. The van der Waals surface area contributed by atoms with Crippen LogP contribution in [0.3, 0.4) is 0 Å². The van der Waals surface area contributed by atoms with Crippen LogP contribution in [0.4, 0.5) is 0 Å². The molecule has 0 spiro atoms. The monoisotopic (exact) mass is 219 g/mol. The normalized spacial score (nSPS) is 24.4. The molecule has 0 aliphatic heterocycles. The van der Waals surface area contributed by atoms with Crippen LogP contribution in [0, 0.1) is 17.2 Å². The molecule has 2 atom stereocenters. The fourth-order valence-corrected chi connectivity index (χ4v) is 2.24.